The summed E-state index contributed by atoms with van der Waals surface area (Å²) in [6, 6.07) is 4.10. The van der Waals surface area contributed by atoms with Crippen molar-refractivity contribution in [2.75, 3.05) is 11.9 Å². The number of aryl methyl sites for hydroxylation is 3. The van der Waals surface area contributed by atoms with Crippen molar-refractivity contribution in [1.82, 2.24) is 10.1 Å². The van der Waals surface area contributed by atoms with Crippen LogP contribution in [0.25, 0.3) is 0 Å². The molecule has 1 N–H and O–H groups in total. The van der Waals surface area contributed by atoms with E-state index < -0.39 is 11.8 Å². The minimum Gasteiger partial charge on any atom is -0.359 e. The number of anilines is 1. The van der Waals surface area contributed by atoms with Crippen LogP contribution in [0.4, 0.5) is 5.69 Å². The fourth-order valence-electron chi connectivity index (χ4n) is 3.06. The quantitative estimate of drug-likeness (QED) is 0.865. The number of likely N-dealkylation sites (tertiary alicyclic amines) is 1. The number of nitrogens with one attached hydrogen (secondary N) is 1. The zero-order chi connectivity index (χ0) is 17.3. The molecule has 7 heteroatoms. The molecule has 0 radical (unpaired) electrons. The first-order chi connectivity index (χ1) is 11.5. The minimum absolute atomic E-state index is 0.00355. The molecule has 1 atom stereocenters. The summed E-state index contributed by atoms with van der Waals surface area (Å²) in [4.78, 5) is 29.1. The van der Waals surface area contributed by atoms with Gasteiger partial charge in [0, 0.05) is 16.3 Å². The van der Waals surface area contributed by atoms with Crippen LogP contribution in [0.3, 0.4) is 0 Å². The van der Waals surface area contributed by atoms with E-state index in [-0.39, 0.29) is 6.04 Å². The molecule has 3 heterocycles. The van der Waals surface area contributed by atoms with Gasteiger partial charge < -0.3 is 14.7 Å². The molecule has 1 fully saturated rings. The van der Waals surface area contributed by atoms with Crippen LogP contribution in [0.2, 0.25) is 0 Å². The Morgan fingerprint density at radius 2 is 2.21 bits per heavy atom. The van der Waals surface area contributed by atoms with Crippen molar-refractivity contribution in [1.29, 1.82) is 0 Å². The predicted octanol–water partition coefficient (Wildman–Crippen LogP) is 3.22. The maximum Gasteiger partial charge on any atom is 0.314 e. The smallest absolute Gasteiger partial charge is 0.314 e. The molecule has 0 spiro atoms. The van der Waals surface area contributed by atoms with Gasteiger partial charge in [0.05, 0.1) is 6.04 Å². The zero-order valence-corrected chi connectivity index (χ0v) is 14.9. The molecule has 1 saturated heterocycles. The van der Waals surface area contributed by atoms with Crippen LogP contribution < -0.4 is 5.32 Å². The van der Waals surface area contributed by atoms with Crippen LogP contribution in [0.5, 0.6) is 0 Å². The van der Waals surface area contributed by atoms with E-state index in [1.807, 2.05) is 19.9 Å². The lowest BCUT2D eigenvalue weighted by atomic mass is 10.2. The molecule has 0 bridgehead atoms. The summed E-state index contributed by atoms with van der Waals surface area (Å²) in [6.45, 7) is 6.30. The van der Waals surface area contributed by atoms with Gasteiger partial charge in [-0.25, -0.2) is 0 Å². The van der Waals surface area contributed by atoms with Crippen molar-refractivity contribution in [2.24, 2.45) is 0 Å². The largest absolute Gasteiger partial charge is 0.359 e. The maximum absolute atomic E-state index is 12.6. The summed E-state index contributed by atoms with van der Waals surface area (Å²) in [5.41, 5.74) is 1.17. The second kappa shape index (κ2) is 6.76. The molecule has 6 nitrogen and oxygen atoms in total. The van der Waals surface area contributed by atoms with Gasteiger partial charge in [-0.1, -0.05) is 12.1 Å². The number of rotatable bonds is 3. The van der Waals surface area contributed by atoms with Crippen LogP contribution in [0, 0.1) is 13.8 Å². The van der Waals surface area contributed by atoms with Crippen LogP contribution in [0.15, 0.2) is 16.7 Å². The van der Waals surface area contributed by atoms with Crippen molar-refractivity contribution in [3.63, 3.8) is 0 Å². The molecule has 3 rings (SSSR count). The highest BCUT2D eigenvalue weighted by Gasteiger charge is 2.34. The monoisotopic (exact) mass is 347 g/mol. The van der Waals surface area contributed by atoms with Crippen molar-refractivity contribution < 1.29 is 14.1 Å². The van der Waals surface area contributed by atoms with E-state index in [4.69, 9.17) is 4.52 Å². The molecule has 128 valence electrons. The van der Waals surface area contributed by atoms with Gasteiger partial charge in [0.15, 0.2) is 5.76 Å². The molecule has 0 saturated carbocycles. The van der Waals surface area contributed by atoms with Crippen LogP contribution in [-0.2, 0) is 16.0 Å². The average Bonchev–Trinajstić information content (AvgIpc) is 3.27. The minimum atomic E-state index is -0.629. The topological polar surface area (TPSA) is 75.4 Å². The lowest BCUT2D eigenvalue weighted by Gasteiger charge is -2.23. The SMILES string of the molecule is CCc1noc(C)c1NC(=O)C(=O)N1CCCC1c1ccc(C)s1. The number of hydrogen-bond acceptors (Lipinski definition) is 5. The first-order valence-corrected chi connectivity index (χ1v) is 8.96. The van der Waals surface area contributed by atoms with Crippen LogP contribution in [0.1, 0.15) is 47.0 Å². The second-order valence-electron chi connectivity index (χ2n) is 5.97. The lowest BCUT2D eigenvalue weighted by Crippen LogP contribution is -2.39. The number of hydrogen-bond donors (Lipinski definition) is 1. The average molecular weight is 347 g/mol. The lowest BCUT2D eigenvalue weighted by molar-refractivity contribution is -0.143. The number of amides is 2. The van der Waals surface area contributed by atoms with E-state index in [0.717, 1.165) is 17.7 Å². The number of nitrogens with zero attached hydrogens (tertiary/aromatic N) is 2. The van der Waals surface area contributed by atoms with Gasteiger partial charge in [-0.15, -0.1) is 11.3 Å². The third kappa shape index (κ3) is 3.08. The summed E-state index contributed by atoms with van der Waals surface area (Å²) < 4.78 is 5.10. The number of thiophene rings is 1. The molecule has 0 aliphatic carbocycles. The zero-order valence-electron chi connectivity index (χ0n) is 14.1. The van der Waals surface area contributed by atoms with Crippen molar-refractivity contribution in [2.45, 2.75) is 46.1 Å². The third-order valence-corrected chi connectivity index (χ3v) is 5.41. The number of carbonyl (C=O) groups is 2. The third-order valence-electron chi connectivity index (χ3n) is 4.30. The van der Waals surface area contributed by atoms with Crippen molar-refractivity contribution >= 4 is 28.8 Å². The maximum atomic E-state index is 12.6. The van der Waals surface area contributed by atoms with Gasteiger partial charge >= 0.3 is 11.8 Å². The van der Waals surface area contributed by atoms with E-state index in [1.54, 1.807) is 23.2 Å². The first-order valence-electron chi connectivity index (χ1n) is 8.14. The second-order valence-corrected chi connectivity index (χ2v) is 7.29. The Labute approximate surface area is 144 Å². The normalized spacial score (nSPS) is 17.3. The Morgan fingerprint density at radius 3 is 2.88 bits per heavy atom. The Hall–Kier alpha value is -2.15. The Bertz CT molecular complexity index is 765. The molecule has 0 aromatic carbocycles. The molecule has 1 aliphatic rings. The molecular formula is C17H21N3O3S. The van der Waals surface area contributed by atoms with E-state index >= 15 is 0 Å². The molecular weight excluding hydrogens is 326 g/mol. The highest BCUT2D eigenvalue weighted by Crippen LogP contribution is 2.36. The highest BCUT2D eigenvalue weighted by molar-refractivity contribution is 7.12. The van der Waals surface area contributed by atoms with Gasteiger partial charge in [0.2, 0.25) is 0 Å². The van der Waals surface area contributed by atoms with E-state index in [0.29, 0.717) is 30.1 Å². The van der Waals surface area contributed by atoms with Crippen molar-refractivity contribution in [3.8, 4) is 0 Å². The molecule has 1 unspecified atom stereocenters. The number of aromatic nitrogens is 1. The summed E-state index contributed by atoms with van der Waals surface area (Å²) >= 11 is 1.68. The molecule has 2 aromatic rings. The van der Waals surface area contributed by atoms with Gasteiger partial charge in [-0.05, 0) is 45.2 Å². The van der Waals surface area contributed by atoms with E-state index in [1.165, 1.54) is 4.88 Å². The summed E-state index contributed by atoms with van der Waals surface area (Å²) in [5, 5.41) is 6.58. The number of carbonyl (C=O) groups excluding carboxylic acids is 2. The Kier molecular flexibility index (Phi) is 4.71. The fraction of sp³-hybridized carbons (Fsp3) is 0.471. The Balaban J connectivity index is 1.75. The van der Waals surface area contributed by atoms with Gasteiger partial charge in [-0.2, -0.15) is 0 Å². The van der Waals surface area contributed by atoms with Crippen LogP contribution >= 0.6 is 11.3 Å². The molecule has 1 aliphatic heterocycles. The molecule has 24 heavy (non-hydrogen) atoms. The van der Waals surface area contributed by atoms with Gasteiger partial charge in [0.1, 0.15) is 11.4 Å². The van der Waals surface area contributed by atoms with E-state index in [2.05, 4.69) is 16.5 Å². The first kappa shape index (κ1) is 16.7. The van der Waals surface area contributed by atoms with Crippen molar-refractivity contribution in [3.05, 3.63) is 33.3 Å². The van der Waals surface area contributed by atoms with Gasteiger partial charge in [0.25, 0.3) is 0 Å². The standard InChI is InChI=1S/C17H21N3O3S/c1-4-12-15(11(3)23-19-12)18-16(21)17(22)20-9-5-6-13(20)14-8-7-10(2)24-14/h7-8,13H,4-6,9H2,1-3H3,(H,18,21). The summed E-state index contributed by atoms with van der Waals surface area (Å²) in [7, 11) is 0. The van der Waals surface area contributed by atoms with Gasteiger partial charge in [-0.3, -0.25) is 9.59 Å². The molecule has 2 aromatic heterocycles. The Morgan fingerprint density at radius 1 is 1.42 bits per heavy atom. The fourth-order valence-corrected chi connectivity index (χ4v) is 4.08. The molecule has 2 amide bonds. The summed E-state index contributed by atoms with van der Waals surface area (Å²) in [6.07, 6.45) is 2.43. The summed E-state index contributed by atoms with van der Waals surface area (Å²) in [5.74, 6) is -0.609. The highest BCUT2D eigenvalue weighted by atomic mass is 32.1. The van der Waals surface area contributed by atoms with Crippen LogP contribution in [-0.4, -0.2) is 28.4 Å². The predicted molar refractivity (Wildman–Crippen MR) is 92.0 cm³/mol. The van der Waals surface area contributed by atoms with E-state index in [9.17, 15) is 9.59 Å².